The van der Waals surface area contributed by atoms with Gasteiger partial charge in [0.05, 0.1) is 23.6 Å². The molecule has 1 aromatic carbocycles. The molecule has 0 saturated heterocycles. The van der Waals surface area contributed by atoms with Crippen molar-refractivity contribution in [3.05, 3.63) is 40.1 Å². The highest BCUT2D eigenvalue weighted by atomic mass is 79.9. The second-order valence-corrected chi connectivity index (χ2v) is 5.03. The Morgan fingerprint density at radius 1 is 1.28 bits per heavy atom. The lowest BCUT2D eigenvalue weighted by molar-refractivity contribution is 0.289. The van der Waals surface area contributed by atoms with Crippen LogP contribution in [0.25, 0.3) is 0 Å². The van der Waals surface area contributed by atoms with Gasteiger partial charge in [0, 0.05) is 4.47 Å². The van der Waals surface area contributed by atoms with E-state index in [1.807, 2.05) is 42.8 Å². The molecule has 2 rings (SSSR count). The molecule has 0 aliphatic rings. The van der Waals surface area contributed by atoms with Crippen molar-refractivity contribution in [1.29, 1.82) is 0 Å². The highest BCUT2D eigenvalue weighted by molar-refractivity contribution is 9.10. The van der Waals surface area contributed by atoms with Crippen LogP contribution in [0.2, 0.25) is 0 Å². The molecule has 0 fully saturated rings. The van der Waals surface area contributed by atoms with E-state index in [1.165, 1.54) is 0 Å². The molecule has 5 heteroatoms. The van der Waals surface area contributed by atoms with E-state index < -0.39 is 0 Å². The molecular weight excluding hydrogens is 294 g/mol. The minimum Gasteiger partial charge on any atom is -0.492 e. The van der Waals surface area contributed by atoms with Crippen molar-refractivity contribution in [2.45, 2.75) is 20.4 Å². The number of hydrogen-bond donors (Lipinski definition) is 1. The number of anilines is 1. The first-order valence-electron chi connectivity index (χ1n) is 5.76. The van der Waals surface area contributed by atoms with Crippen molar-refractivity contribution >= 4 is 21.6 Å². The van der Waals surface area contributed by atoms with E-state index in [-0.39, 0.29) is 0 Å². The number of aryl methyl sites for hydroxylation is 1. The van der Waals surface area contributed by atoms with Crippen molar-refractivity contribution in [2.24, 2.45) is 0 Å². The van der Waals surface area contributed by atoms with Crippen LogP contribution >= 0.6 is 15.9 Å². The van der Waals surface area contributed by atoms with Crippen LogP contribution in [0, 0.1) is 13.8 Å². The Kier molecular flexibility index (Phi) is 3.91. The zero-order valence-electron chi connectivity index (χ0n) is 10.5. The minimum absolute atomic E-state index is 0.572. The summed E-state index contributed by atoms with van der Waals surface area (Å²) in [5, 5.41) is 4.36. The standard InChI is InChI=1S/C13H16BrN3O/c1-9-13(15)10(2)17(16-9)7-8-18-12-5-3-11(14)4-6-12/h3-6H,7-8,15H2,1-2H3. The zero-order chi connectivity index (χ0) is 13.1. The van der Waals surface area contributed by atoms with Crippen molar-refractivity contribution in [2.75, 3.05) is 12.3 Å². The number of aromatic nitrogens is 2. The van der Waals surface area contributed by atoms with Gasteiger partial charge in [-0.15, -0.1) is 0 Å². The van der Waals surface area contributed by atoms with Crippen LogP contribution in [0.15, 0.2) is 28.7 Å². The summed E-state index contributed by atoms with van der Waals surface area (Å²) in [6.45, 7) is 5.15. The van der Waals surface area contributed by atoms with Crippen LogP contribution in [0.4, 0.5) is 5.69 Å². The number of halogens is 1. The number of nitrogen functional groups attached to an aromatic ring is 1. The summed E-state index contributed by atoms with van der Waals surface area (Å²) in [7, 11) is 0. The van der Waals surface area contributed by atoms with Crippen molar-refractivity contribution in [3.63, 3.8) is 0 Å². The first-order valence-corrected chi connectivity index (χ1v) is 6.55. The van der Waals surface area contributed by atoms with Gasteiger partial charge in [-0.3, -0.25) is 4.68 Å². The number of nitrogens with two attached hydrogens (primary N) is 1. The second kappa shape index (κ2) is 5.44. The Balaban J connectivity index is 1.92. The first-order chi connectivity index (χ1) is 8.58. The van der Waals surface area contributed by atoms with Gasteiger partial charge in [-0.1, -0.05) is 15.9 Å². The van der Waals surface area contributed by atoms with Crippen LogP contribution in [-0.4, -0.2) is 16.4 Å². The molecule has 0 unspecified atom stereocenters. The third-order valence-electron chi connectivity index (χ3n) is 2.82. The molecule has 0 bridgehead atoms. The first kappa shape index (κ1) is 13.0. The normalized spacial score (nSPS) is 10.6. The average Bonchev–Trinajstić information content (AvgIpc) is 2.60. The van der Waals surface area contributed by atoms with Crippen LogP contribution in [0.5, 0.6) is 5.75 Å². The molecule has 0 amide bonds. The van der Waals surface area contributed by atoms with Gasteiger partial charge >= 0.3 is 0 Å². The molecule has 2 N–H and O–H groups in total. The SMILES string of the molecule is Cc1nn(CCOc2ccc(Br)cc2)c(C)c1N. The van der Waals surface area contributed by atoms with Crippen LogP contribution in [-0.2, 0) is 6.54 Å². The van der Waals surface area contributed by atoms with Crippen LogP contribution < -0.4 is 10.5 Å². The van der Waals surface area contributed by atoms with Crippen LogP contribution in [0.3, 0.4) is 0 Å². The van der Waals surface area contributed by atoms with E-state index in [9.17, 15) is 0 Å². The maximum atomic E-state index is 5.87. The molecule has 96 valence electrons. The van der Waals surface area contributed by atoms with Gasteiger partial charge in [-0.05, 0) is 38.1 Å². The van der Waals surface area contributed by atoms with Gasteiger partial charge in [-0.2, -0.15) is 5.10 Å². The summed E-state index contributed by atoms with van der Waals surface area (Å²) >= 11 is 3.39. The fraction of sp³-hybridized carbons (Fsp3) is 0.308. The van der Waals surface area contributed by atoms with Crippen molar-refractivity contribution in [1.82, 2.24) is 9.78 Å². The van der Waals surface area contributed by atoms with E-state index in [0.29, 0.717) is 13.2 Å². The summed E-state index contributed by atoms with van der Waals surface area (Å²) in [4.78, 5) is 0. The van der Waals surface area contributed by atoms with E-state index >= 15 is 0 Å². The number of rotatable bonds is 4. The Morgan fingerprint density at radius 2 is 1.94 bits per heavy atom. The Bertz CT molecular complexity index is 534. The Labute approximate surface area is 115 Å². The molecular formula is C13H16BrN3O. The Hall–Kier alpha value is -1.49. The van der Waals surface area contributed by atoms with Crippen LogP contribution in [0.1, 0.15) is 11.4 Å². The zero-order valence-corrected chi connectivity index (χ0v) is 12.1. The molecule has 18 heavy (non-hydrogen) atoms. The van der Waals surface area contributed by atoms with E-state index in [2.05, 4.69) is 21.0 Å². The summed E-state index contributed by atoms with van der Waals surface area (Å²) in [6, 6.07) is 7.77. The lowest BCUT2D eigenvalue weighted by Crippen LogP contribution is -2.11. The lowest BCUT2D eigenvalue weighted by atomic mass is 10.3. The molecule has 4 nitrogen and oxygen atoms in total. The van der Waals surface area contributed by atoms with Gasteiger partial charge in [0.25, 0.3) is 0 Å². The van der Waals surface area contributed by atoms with Gasteiger partial charge in [0.1, 0.15) is 12.4 Å². The monoisotopic (exact) mass is 309 g/mol. The molecule has 0 saturated carbocycles. The van der Waals surface area contributed by atoms with Gasteiger partial charge in [0.15, 0.2) is 0 Å². The maximum Gasteiger partial charge on any atom is 0.119 e. The largest absolute Gasteiger partial charge is 0.492 e. The fourth-order valence-corrected chi connectivity index (χ4v) is 1.97. The van der Waals surface area contributed by atoms with Crippen molar-refractivity contribution in [3.8, 4) is 5.75 Å². The minimum atomic E-state index is 0.572. The van der Waals surface area contributed by atoms with E-state index in [4.69, 9.17) is 10.5 Å². The molecule has 1 heterocycles. The third-order valence-corrected chi connectivity index (χ3v) is 3.35. The van der Waals surface area contributed by atoms with E-state index in [1.54, 1.807) is 0 Å². The molecule has 0 spiro atoms. The highest BCUT2D eigenvalue weighted by Crippen LogP contribution is 2.17. The number of ether oxygens (including phenoxy) is 1. The van der Waals surface area contributed by atoms with E-state index in [0.717, 1.165) is 27.3 Å². The number of nitrogens with zero attached hydrogens (tertiary/aromatic N) is 2. The number of benzene rings is 1. The maximum absolute atomic E-state index is 5.87. The molecule has 0 aliphatic heterocycles. The fourth-order valence-electron chi connectivity index (χ4n) is 1.71. The summed E-state index contributed by atoms with van der Waals surface area (Å²) in [5.74, 6) is 0.854. The molecule has 1 aromatic heterocycles. The molecule has 0 radical (unpaired) electrons. The molecule has 0 atom stereocenters. The molecule has 0 aliphatic carbocycles. The van der Waals surface area contributed by atoms with Gasteiger partial charge in [0.2, 0.25) is 0 Å². The molecule has 2 aromatic rings. The van der Waals surface area contributed by atoms with Crippen molar-refractivity contribution < 1.29 is 4.74 Å². The third kappa shape index (κ3) is 2.85. The predicted octanol–water partition coefficient (Wildman–Crippen LogP) is 2.92. The topological polar surface area (TPSA) is 53.1 Å². The smallest absolute Gasteiger partial charge is 0.119 e. The predicted molar refractivity (Wildman–Crippen MR) is 75.8 cm³/mol. The lowest BCUT2D eigenvalue weighted by Gasteiger charge is -2.07. The second-order valence-electron chi connectivity index (χ2n) is 4.11. The quantitative estimate of drug-likeness (QED) is 0.944. The number of hydrogen-bond acceptors (Lipinski definition) is 3. The van der Waals surface area contributed by atoms with Gasteiger partial charge < -0.3 is 10.5 Å². The Morgan fingerprint density at radius 3 is 2.50 bits per heavy atom. The summed E-state index contributed by atoms with van der Waals surface area (Å²) in [6.07, 6.45) is 0. The average molecular weight is 310 g/mol. The highest BCUT2D eigenvalue weighted by Gasteiger charge is 2.07. The summed E-state index contributed by atoms with van der Waals surface area (Å²) < 4.78 is 8.57. The van der Waals surface area contributed by atoms with Gasteiger partial charge in [-0.25, -0.2) is 0 Å². The summed E-state index contributed by atoms with van der Waals surface area (Å²) in [5.41, 5.74) is 8.50.